The Hall–Kier alpha value is -2.08. The number of carboxylic acids is 1. The highest BCUT2D eigenvalue weighted by Gasteiger charge is 2.32. The maximum atomic E-state index is 12.5. The van der Waals surface area contributed by atoms with Gasteiger partial charge in [0.1, 0.15) is 11.8 Å². The lowest BCUT2D eigenvalue weighted by molar-refractivity contribution is -0.144. The standard InChI is InChI=1S/C17H25NO5/c1-17(2,11-12-7-5-6-8-14(12)23-4)16(21)18-13(15(19)20)9-10-22-3/h5-8,13H,9-11H2,1-4H3,(H,18,21)(H,19,20). The molecule has 23 heavy (non-hydrogen) atoms. The Bertz CT molecular complexity index is 542. The summed E-state index contributed by atoms with van der Waals surface area (Å²) in [6, 6.07) is 6.51. The van der Waals surface area contributed by atoms with Crippen molar-refractivity contribution in [2.45, 2.75) is 32.7 Å². The van der Waals surface area contributed by atoms with E-state index in [1.807, 2.05) is 24.3 Å². The summed E-state index contributed by atoms with van der Waals surface area (Å²) in [6.45, 7) is 3.83. The van der Waals surface area contributed by atoms with Crippen molar-refractivity contribution in [1.29, 1.82) is 0 Å². The smallest absolute Gasteiger partial charge is 0.326 e. The zero-order valence-corrected chi connectivity index (χ0v) is 14.1. The minimum Gasteiger partial charge on any atom is -0.496 e. The number of methoxy groups -OCH3 is 2. The van der Waals surface area contributed by atoms with Crippen LogP contribution in [-0.4, -0.2) is 43.9 Å². The Morgan fingerprint density at radius 3 is 2.48 bits per heavy atom. The minimum absolute atomic E-state index is 0.225. The highest BCUT2D eigenvalue weighted by atomic mass is 16.5. The zero-order valence-electron chi connectivity index (χ0n) is 14.1. The van der Waals surface area contributed by atoms with Crippen molar-refractivity contribution in [1.82, 2.24) is 5.32 Å². The van der Waals surface area contributed by atoms with Gasteiger partial charge >= 0.3 is 5.97 Å². The van der Waals surface area contributed by atoms with Gasteiger partial charge in [-0.2, -0.15) is 0 Å². The molecule has 1 amide bonds. The van der Waals surface area contributed by atoms with Gasteiger partial charge < -0.3 is 19.9 Å². The Morgan fingerprint density at radius 1 is 1.26 bits per heavy atom. The molecule has 0 saturated carbocycles. The molecule has 0 radical (unpaired) electrons. The van der Waals surface area contributed by atoms with Crippen LogP contribution in [0.15, 0.2) is 24.3 Å². The second kappa shape index (κ2) is 8.53. The van der Waals surface area contributed by atoms with Crippen molar-refractivity contribution in [3.05, 3.63) is 29.8 Å². The molecule has 6 heteroatoms. The number of carbonyl (C=O) groups excluding carboxylic acids is 1. The predicted octanol–water partition coefficient (Wildman–Crippen LogP) is 1.87. The van der Waals surface area contributed by atoms with Gasteiger partial charge in [0.05, 0.1) is 7.11 Å². The van der Waals surface area contributed by atoms with Crippen LogP contribution in [0.4, 0.5) is 0 Å². The lowest BCUT2D eigenvalue weighted by Crippen LogP contribution is -2.47. The lowest BCUT2D eigenvalue weighted by atomic mass is 9.84. The highest BCUT2D eigenvalue weighted by molar-refractivity contribution is 5.87. The van der Waals surface area contributed by atoms with Crippen LogP contribution in [0.2, 0.25) is 0 Å². The summed E-state index contributed by atoms with van der Waals surface area (Å²) in [5.74, 6) is -0.669. The van der Waals surface area contributed by atoms with Gasteiger partial charge in [0.2, 0.25) is 5.91 Å². The van der Waals surface area contributed by atoms with Crippen molar-refractivity contribution < 1.29 is 24.2 Å². The molecule has 2 N–H and O–H groups in total. The van der Waals surface area contributed by atoms with Crippen molar-refractivity contribution >= 4 is 11.9 Å². The molecule has 1 atom stereocenters. The van der Waals surface area contributed by atoms with Crippen molar-refractivity contribution in [3.8, 4) is 5.75 Å². The summed E-state index contributed by atoms with van der Waals surface area (Å²) >= 11 is 0. The molecule has 6 nitrogen and oxygen atoms in total. The molecule has 1 rings (SSSR count). The van der Waals surface area contributed by atoms with E-state index < -0.39 is 17.4 Å². The number of carbonyl (C=O) groups is 2. The third-order valence-corrected chi connectivity index (χ3v) is 3.65. The predicted molar refractivity (Wildman–Crippen MR) is 86.5 cm³/mol. The first-order valence-corrected chi connectivity index (χ1v) is 7.46. The van der Waals surface area contributed by atoms with Gasteiger partial charge in [0.25, 0.3) is 0 Å². The number of ether oxygens (including phenoxy) is 2. The molecule has 0 aliphatic heterocycles. The van der Waals surface area contributed by atoms with Gasteiger partial charge in [-0.15, -0.1) is 0 Å². The molecular weight excluding hydrogens is 298 g/mol. The van der Waals surface area contributed by atoms with Crippen LogP contribution >= 0.6 is 0 Å². The van der Waals surface area contributed by atoms with Gasteiger partial charge in [-0.25, -0.2) is 4.79 Å². The van der Waals surface area contributed by atoms with Crippen LogP contribution in [0, 0.1) is 5.41 Å². The Kier molecular flexibility index (Phi) is 7.03. The fourth-order valence-electron chi connectivity index (χ4n) is 2.25. The molecule has 1 aromatic carbocycles. The third kappa shape index (κ3) is 5.56. The normalized spacial score (nSPS) is 12.5. The zero-order chi connectivity index (χ0) is 17.5. The molecule has 128 valence electrons. The summed E-state index contributed by atoms with van der Waals surface area (Å²) < 4.78 is 10.2. The molecule has 0 aliphatic rings. The first-order chi connectivity index (χ1) is 10.8. The number of aliphatic carboxylic acids is 1. The van der Waals surface area contributed by atoms with Gasteiger partial charge in [0, 0.05) is 25.6 Å². The maximum Gasteiger partial charge on any atom is 0.326 e. The fourth-order valence-corrected chi connectivity index (χ4v) is 2.25. The lowest BCUT2D eigenvalue weighted by Gasteiger charge is -2.26. The summed E-state index contributed by atoms with van der Waals surface area (Å²) in [5.41, 5.74) is 0.133. The van der Waals surface area contributed by atoms with Crippen LogP contribution < -0.4 is 10.1 Å². The van der Waals surface area contributed by atoms with E-state index in [9.17, 15) is 14.7 Å². The molecule has 1 aromatic rings. The van der Waals surface area contributed by atoms with Gasteiger partial charge in [-0.1, -0.05) is 32.0 Å². The van der Waals surface area contributed by atoms with E-state index in [0.717, 1.165) is 5.56 Å². The van der Waals surface area contributed by atoms with E-state index in [1.165, 1.54) is 7.11 Å². The number of benzene rings is 1. The molecule has 0 saturated heterocycles. The Morgan fingerprint density at radius 2 is 1.91 bits per heavy atom. The van der Waals surface area contributed by atoms with E-state index in [-0.39, 0.29) is 18.9 Å². The highest BCUT2D eigenvalue weighted by Crippen LogP contribution is 2.28. The van der Waals surface area contributed by atoms with Crippen molar-refractivity contribution in [2.75, 3.05) is 20.8 Å². The van der Waals surface area contributed by atoms with E-state index in [2.05, 4.69) is 5.32 Å². The van der Waals surface area contributed by atoms with Crippen LogP contribution in [0.5, 0.6) is 5.75 Å². The average Bonchev–Trinajstić information content (AvgIpc) is 2.51. The molecule has 0 aliphatic carbocycles. The number of hydrogen-bond acceptors (Lipinski definition) is 4. The fraction of sp³-hybridized carbons (Fsp3) is 0.529. The molecule has 0 bridgehead atoms. The Balaban J connectivity index is 2.81. The van der Waals surface area contributed by atoms with E-state index >= 15 is 0 Å². The first kappa shape index (κ1) is 19.0. The number of carboxylic acid groups (broad SMARTS) is 1. The molecule has 0 aromatic heterocycles. The average molecular weight is 323 g/mol. The summed E-state index contributed by atoms with van der Waals surface area (Å²) in [4.78, 5) is 23.7. The second-order valence-corrected chi connectivity index (χ2v) is 6.02. The number of hydrogen-bond donors (Lipinski definition) is 2. The topological polar surface area (TPSA) is 84.9 Å². The van der Waals surface area contributed by atoms with Crippen molar-refractivity contribution in [3.63, 3.8) is 0 Å². The van der Waals surface area contributed by atoms with E-state index in [0.29, 0.717) is 12.2 Å². The molecule has 0 spiro atoms. The van der Waals surface area contributed by atoms with Gasteiger partial charge in [-0.05, 0) is 18.1 Å². The molecule has 1 unspecified atom stereocenters. The van der Waals surface area contributed by atoms with Gasteiger partial charge in [-0.3, -0.25) is 4.79 Å². The molecule has 0 fully saturated rings. The monoisotopic (exact) mass is 323 g/mol. The van der Waals surface area contributed by atoms with Gasteiger partial charge in [0.15, 0.2) is 0 Å². The second-order valence-electron chi connectivity index (χ2n) is 6.02. The molecule has 0 heterocycles. The van der Waals surface area contributed by atoms with Crippen LogP contribution in [0.3, 0.4) is 0 Å². The quantitative estimate of drug-likeness (QED) is 0.725. The molecular formula is C17H25NO5. The number of amides is 1. The first-order valence-electron chi connectivity index (χ1n) is 7.46. The number of nitrogens with one attached hydrogen (secondary N) is 1. The van der Waals surface area contributed by atoms with Crippen LogP contribution in [0.1, 0.15) is 25.8 Å². The largest absolute Gasteiger partial charge is 0.496 e. The summed E-state index contributed by atoms with van der Waals surface area (Å²) in [6.07, 6.45) is 0.668. The summed E-state index contributed by atoms with van der Waals surface area (Å²) in [5, 5.41) is 11.8. The van der Waals surface area contributed by atoms with Crippen molar-refractivity contribution in [2.24, 2.45) is 5.41 Å². The Labute approximate surface area is 136 Å². The minimum atomic E-state index is -1.07. The third-order valence-electron chi connectivity index (χ3n) is 3.65. The maximum absolute atomic E-state index is 12.5. The summed E-state index contributed by atoms with van der Waals surface area (Å²) in [7, 11) is 3.07. The van der Waals surface area contributed by atoms with Crippen LogP contribution in [-0.2, 0) is 20.7 Å². The van der Waals surface area contributed by atoms with Crippen LogP contribution in [0.25, 0.3) is 0 Å². The number of para-hydroxylation sites is 1. The SMILES string of the molecule is COCCC(NC(=O)C(C)(C)Cc1ccccc1OC)C(=O)O. The van der Waals surface area contributed by atoms with E-state index in [1.54, 1.807) is 21.0 Å². The number of rotatable bonds is 9. The van der Waals surface area contributed by atoms with E-state index in [4.69, 9.17) is 9.47 Å².